The fraction of sp³-hybridized carbons (Fsp3) is 0.917. The molecule has 2 fully saturated rings. The Kier molecular flexibility index (Phi) is 3.29. The first-order chi connectivity index (χ1) is 7.22. The number of carbonyl (C=O) groups excluding carboxylic acids is 1. The van der Waals surface area contributed by atoms with Crippen LogP contribution in [0, 0.1) is 5.92 Å². The molecular formula is C12H22N2O. The van der Waals surface area contributed by atoms with Gasteiger partial charge < -0.3 is 10.6 Å². The molecule has 0 bridgehead atoms. The summed E-state index contributed by atoms with van der Waals surface area (Å²) in [6.07, 6.45) is 7.29. The first-order valence-corrected chi connectivity index (χ1v) is 6.23. The van der Waals surface area contributed by atoms with Gasteiger partial charge in [-0.05, 0) is 44.4 Å². The van der Waals surface area contributed by atoms with Gasteiger partial charge in [0.25, 0.3) is 0 Å². The van der Waals surface area contributed by atoms with Crippen LogP contribution in [0.2, 0.25) is 0 Å². The third-order valence-electron chi connectivity index (χ3n) is 3.78. The molecule has 2 aliphatic rings. The molecule has 0 heterocycles. The van der Waals surface area contributed by atoms with Crippen LogP contribution in [-0.2, 0) is 4.79 Å². The summed E-state index contributed by atoms with van der Waals surface area (Å²) in [7, 11) is 0. The van der Waals surface area contributed by atoms with E-state index < -0.39 is 0 Å². The SMILES string of the molecule is CC1CCC(N(C(=O)CN)C2CC2)CC1. The second-order valence-corrected chi connectivity index (χ2v) is 5.15. The second-order valence-electron chi connectivity index (χ2n) is 5.15. The summed E-state index contributed by atoms with van der Waals surface area (Å²) in [5.74, 6) is 1.01. The van der Waals surface area contributed by atoms with Crippen LogP contribution in [0.25, 0.3) is 0 Å². The number of carbonyl (C=O) groups is 1. The van der Waals surface area contributed by atoms with Crippen LogP contribution >= 0.6 is 0 Å². The molecule has 0 aromatic heterocycles. The third-order valence-corrected chi connectivity index (χ3v) is 3.78. The van der Waals surface area contributed by atoms with Crippen LogP contribution < -0.4 is 5.73 Å². The highest BCUT2D eigenvalue weighted by Crippen LogP contribution is 2.35. The van der Waals surface area contributed by atoms with Gasteiger partial charge in [-0.3, -0.25) is 4.79 Å². The molecule has 0 aliphatic heterocycles. The van der Waals surface area contributed by atoms with E-state index in [0.717, 1.165) is 5.92 Å². The molecule has 0 radical (unpaired) electrons. The van der Waals surface area contributed by atoms with Crippen LogP contribution in [0.15, 0.2) is 0 Å². The predicted octanol–water partition coefficient (Wildman–Crippen LogP) is 1.51. The summed E-state index contributed by atoms with van der Waals surface area (Å²) in [4.78, 5) is 13.9. The molecule has 0 atom stereocenters. The molecule has 15 heavy (non-hydrogen) atoms. The zero-order chi connectivity index (χ0) is 10.8. The average molecular weight is 210 g/mol. The van der Waals surface area contributed by atoms with Crippen molar-refractivity contribution in [2.75, 3.05) is 6.54 Å². The number of amides is 1. The van der Waals surface area contributed by atoms with Gasteiger partial charge in [-0.25, -0.2) is 0 Å². The van der Waals surface area contributed by atoms with E-state index in [1.54, 1.807) is 0 Å². The minimum Gasteiger partial charge on any atom is -0.336 e. The van der Waals surface area contributed by atoms with Crippen LogP contribution in [0.3, 0.4) is 0 Å². The summed E-state index contributed by atoms with van der Waals surface area (Å²) in [5, 5.41) is 0. The fourth-order valence-corrected chi connectivity index (χ4v) is 2.68. The summed E-state index contributed by atoms with van der Waals surface area (Å²) in [5.41, 5.74) is 5.48. The largest absolute Gasteiger partial charge is 0.336 e. The van der Waals surface area contributed by atoms with Crippen molar-refractivity contribution in [3.63, 3.8) is 0 Å². The molecule has 0 aromatic carbocycles. The van der Waals surface area contributed by atoms with E-state index in [0.29, 0.717) is 12.1 Å². The molecule has 3 nitrogen and oxygen atoms in total. The van der Waals surface area contributed by atoms with E-state index in [1.807, 2.05) is 0 Å². The minimum atomic E-state index is 0.164. The number of nitrogens with zero attached hydrogens (tertiary/aromatic N) is 1. The van der Waals surface area contributed by atoms with Gasteiger partial charge in [0.05, 0.1) is 6.54 Å². The van der Waals surface area contributed by atoms with E-state index in [9.17, 15) is 4.79 Å². The van der Waals surface area contributed by atoms with Crippen molar-refractivity contribution in [1.29, 1.82) is 0 Å². The van der Waals surface area contributed by atoms with Gasteiger partial charge in [0.15, 0.2) is 0 Å². The lowest BCUT2D eigenvalue weighted by atomic mass is 9.86. The Bertz CT molecular complexity index is 230. The Balaban J connectivity index is 1.95. The van der Waals surface area contributed by atoms with E-state index in [2.05, 4.69) is 11.8 Å². The summed E-state index contributed by atoms with van der Waals surface area (Å²) in [6, 6.07) is 1.02. The monoisotopic (exact) mass is 210 g/mol. The maximum atomic E-state index is 11.8. The molecule has 0 saturated heterocycles. The van der Waals surface area contributed by atoms with Gasteiger partial charge in [-0.15, -0.1) is 0 Å². The Morgan fingerprint density at radius 1 is 1.13 bits per heavy atom. The number of hydrogen-bond donors (Lipinski definition) is 1. The van der Waals surface area contributed by atoms with Crippen LogP contribution in [0.1, 0.15) is 45.4 Å². The predicted molar refractivity (Wildman–Crippen MR) is 60.3 cm³/mol. The van der Waals surface area contributed by atoms with Crippen LogP contribution in [0.4, 0.5) is 0 Å². The van der Waals surface area contributed by atoms with Crippen molar-refractivity contribution in [2.45, 2.75) is 57.5 Å². The van der Waals surface area contributed by atoms with E-state index in [-0.39, 0.29) is 12.5 Å². The zero-order valence-corrected chi connectivity index (χ0v) is 9.61. The molecule has 0 unspecified atom stereocenters. The molecule has 86 valence electrons. The molecule has 0 aromatic rings. The number of hydrogen-bond acceptors (Lipinski definition) is 2. The smallest absolute Gasteiger partial charge is 0.236 e. The normalized spacial score (nSPS) is 31.3. The molecule has 2 rings (SSSR count). The maximum Gasteiger partial charge on any atom is 0.236 e. The van der Waals surface area contributed by atoms with E-state index in [1.165, 1.54) is 38.5 Å². The highest BCUT2D eigenvalue weighted by atomic mass is 16.2. The number of rotatable bonds is 3. The van der Waals surface area contributed by atoms with Crippen LogP contribution in [-0.4, -0.2) is 29.4 Å². The van der Waals surface area contributed by atoms with Crippen molar-refractivity contribution in [3.05, 3.63) is 0 Å². The van der Waals surface area contributed by atoms with Gasteiger partial charge >= 0.3 is 0 Å². The van der Waals surface area contributed by atoms with Gasteiger partial charge in [0.2, 0.25) is 5.91 Å². The maximum absolute atomic E-state index is 11.8. The van der Waals surface area contributed by atoms with Crippen molar-refractivity contribution in [3.8, 4) is 0 Å². The number of nitrogens with two attached hydrogens (primary N) is 1. The van der Waals surface area contributed by atoms with Crippen molar-refractivity contribution < 1.29 is 4.79 Å². The Morgan fingerprint density at radius 3 is 2.00 bits per heavy atom. The quantitative estimate of drug-likeness (QED) is 0.767. The first kappa shape index (κ1) is 10.9. The van der Waals surface area contributed by atoms with Gasteiger partial charge in [-0.1, -0.05) is 6.92 Å². The molecule has 2 saturated carbocycles. The first-order valence-electron chi connectivity index (χ1n) is 6.23. The average Bonchev–Trinajstić information content (AvgIpc) is 3.05. The highest BCUT2D eigenvalue weighted by molar-refractivity contribution is 5.79. The Labute approximate surface area is 92.0 Å². The highest BCUT2D eigenvalue weighted by Gasteiger charge is 2.37. The van der Waals surface area contributed by atoms with E-state index >= 15 is 0 Å². The standard InChI is InChI=1S/C12H22N2O/c1-9-2-4-10(5-3-9)14(11-6-7-11)12(15)8-13/h9-11H,2-8,13H2,1H3. The lowest BCUT2D eigenvalue weighted by Gasteiger charge is -2.36. The molecule has 3 heteroatoms. The lowest BCUT2D eigenvalue weighted by Crippen LogP contribution is -2.46. The summed E-state index contributed by atoms with van der Waals surface area (Å²) in [6.45, 7) is 2.49. The van der Waals surface area contributed by atoms with Crippen molar-refractivity contribution >= 4 is 5.91 Å². The van der Waals surface area contributed by atoms with Gasteiger partial charge in [0.1, 0.15) is 0 Å². The minimum absolute atomic E-state index is 0.164. The molecule has 2 N–H and O–H groups in total. The molecule has 0 spiro atoms. The zero-order valence-electron chi connectivity index (χ0n) is 9.61. The molecule has 2 aliphatic carbocycles. The summed E-state index contributed by atoms with van der Waals surface area (Å²) >= 11 is 0. The Morgan fingerprint density at radius 2 is 1.60 bits per heavy atom. The fourth-order valence-electron chi connectivity index (χ4n) is 2.68. The topological polar surface area (TPSA) is 46.3 Å². The van der Waals surface area contributed by atoms with E-state index in [4.69, 9.17) is 5.73 Å². The molecular weight excluding hydrogens is 188 g/mol. The summed E-state index contributed by atoms with van der Waals surface area (Å²) < 4.78 is 0. The van der Waals surface area contributed by atoms with Gasteiger partial charge in [0, 0.05) is 12.1 Å². The van der Waals surface area contributed by atoms with Gasteiger partial charge in [-0.2, -0.15) is 0 Å². The second kappa shape index (κ2) is 4.52. The molecule has 1 amide bonds. The van der Waals surface area contributed by atoms with Crippen LogP contribution in [0.5, 0.6) is 0 Å². The lowest BCUT2D eigenvalue weighted by molar-refractivity contribution is -0.133. The Hall–Kier alpha value is -0.570. The van der Waals surface area contributed by atoms with Crippen molar-refractivity contribution in [2.24, 2.45) is 11.7 Å². The third kappa shape index (κ3) is 2.51. The van der Waals surface area contributed by atoms with Crippen molar-refractivity contribution in [1.82, 2.24) is 4.90 Å².